The van der Waals surface area contributed by atoms with E-state index in [-0.39, 0.29) is 11.1 Å². The zero-order valence-corrected chi connectivity index (χ0v) is 15.8. The molecule has 1 aromatic carbocycles. The molecule has 0 aliphatic rings. The van der Waals surface area contributed by atoms with Crippen molar-refractivity contribution in [3.05, 3.63) is 34.3 Å². The van der Waals surface area contributed by atoms with Gasteiger partial charge in [-0.25, -0.2) is 0 Å². The fourth-order valence-electron chi connectivity index (χ4n) is 1.74. The Morgan fingerprint density at radius 1 is 1.05 bits per heavy atom. The highest BCUT2D eigenvalue weighted by Gasteiger charge is 2.40. The third-order valence-corrected chi connectivity index (χ3v) is 9.02. The van der Waals surface area contributed by atoms with Crippen molar-refractivity contribution in [2.24, 2.45) is 5.92 Å². The Morgan fingerprint density at radius 2 is 1.53 bits per heavy atom. The molecule has 0 radical (unpaired) electrons. The van der Waals surface area contributed by atoms with Crippen molar-refractivity contribution in [3.63, 3.8) is 0 Å². The first-order valence-corrected chi connectivity index (χ1v) is 10.7. The van der Waals surface area contributed by atoms with Crippen molar-refractivity contribution < 1.29 is 4.43 Å². The normalized spacial score (nSPS) is 14.8. The van der Waals surface area contributed by atoms with Gasteiger partial charge in [0.2, 0.25) is 0 Å². The standard InChI is InChI=1S/C16H27BrOSi/c1-12(2)15(13-8-10-14(17)11-9-13)18-19(6,7)16(3,4)5/h8-12,15H,1-7H3. The molecule has 1 rings (SSSR count). The van der Waals surface area contributed by atoms with Gasteiger partial charge in [-0.1, -0.05) is 62.7 Å². The third-order valence-electron chi connectivity index (χ3n) is 4.03. The van der Waals surface area contributed by atoms with Crippen LogP contribution in [0.1, 0.15) is 46.3 Å². The summed E-state index contributed by atoms with van der Waals surface area (Å²) in [6.45, 7) is 16.0. The van der Waals surface area contributed by atoms with Crippen LogP contribution < -0.4 is 0 Å². The van der Waals surface area contributed by atoms with Gasteiger partial charge in [0, 0.05) is 4.47 Å². The first kappa shape index (κ1) is 16.9. The van der Waals surface area contributed by atoms with E-state index in [0.717, 1.165) is 4.47 Å². The minimum Gasteiger partial charge on any atom is -0.410 e. The van der Waals surface area contributed by atoms with E-state index in [1.54, 1.807) is 0 Å². The number of hydrogen-bond acceptors (Lipinski definition) is 1. The summed E-state index contributed by atoms with van der Waals surface area (Å²) in [6.07, 6.45) is 0.189. The quantitative estimate of drug-likeness (QED) is 0.594. The van der Waals surface area contributed by atoms with Crippen molar-refractivity contribution in [3.8, 4) is 0 Å². The third kappa shape index (κ3) is 4.43. The molecule has 0 spiro atoms. The average Bonchev–Trinajstić information content (AvgIpc) is 2.25. The second kappa shape index (κ2) is 6.11. The Morgan fingerprint density at radius 3 is 1.89 bits per heavy atom. The summed E-state index contributed by atoms with van der Waals surface area (Å²) >= 11 is 3.49. The van der Waals surface area contributed by atoms with Crippen LogP contribution in [0.15, 0.2) is 28.7 Å². The topological polar surface area (TPSA) is 9.23 Å². The molecule has 3 heteroatoms. The van der Waals surface area contributed by atoms with Gasteiger partial charge in [-0.05, 0) is 41.7 Å². The van der Waals surface area contributed by atoms with E-state index in [2.05, 4.69) is 87.9 Å². The summed E-state index contributed by atoms with van der Waals surface area (Å²) in [5.41, 5.74) is 1.28. The van der Waals surface area contributed by atoms with Gasteiger partial charge in [-0.2, -0.15) is 0 Å². The van der Waals surface area contributed by atoms with Crippen LogP contribution in [0.5, 0.6) is 0 Å². The minimum absolute atomic E-state index is 0.189. The van der Waals surface area contributed by atoms with Gasteiger partial charge in [0.05, 0.1) is 6.10 Å². The number of hydrogen-bond donors (Lipinski definition) is 0. The second-order valence-electron chi connectivity index (χ2n) is 7.09. The molecule has 1 unspecified atom stereocenters. The van der Waals surface area contributed by atoms with Crippen LogP contribution in [0.4, 0.5) is 0 Å². The predicted octanol–water partition coefficient (Wildman–Crippen LogP) is 6.17. The van der Waals surface area contributed by atoms with Crippen molar-refractivity contribution in [1.82, 2.24) is 0 Å². The summed E-state index contributed by atoms with van der Waals surface area (Å²) in [5.74, 6) is 0.482. The molecule has 0 aliphatic heterocycles. The van der Waals surface area contributed by atoms with E-state index in [0.29, 0.717) is 5.92 Å². The lowest BCUT2D eigenvalue weighted by Crippen LogP contribution is -2.42. The molecule has 1 aromatic rings. The Kier molecular flexibility index (Phi) is 5.44. The monoisotopic (exact) mass is 342 g/mol. The second-order valence-corrected chi connectivity index (χ2v) is 12.8. The molecule has 19 heavy (non-hydrogen) atoms. The van der Waals surface area contributed by atoms with E-state index in [1.165, 1.54) is 5.56 Å². The zero-order valence-electron chi connectivity index (χ0n) is 13.3. The van der Waals surface area contributed by atoms with Gasteiger partial charge >= 0.3 is 0 Å². The van der Waals surface area contributed by atoms with Crippen LogP contribution >= 0.6 is 15.9 Å². The Bertz CT molecular complexity index is 404. The van der Waals surface area contributed by atoms with Crippen LogP contribution in [-0.2, 0) is 4.43 Å². The molecule has 0 saturated carbocycles. The molecule has 0 N–H and O–H groups in total. The number of benzene rings is 1. The first-order valence-electron chi connectivity index (χ1n) is 6.98. The van der Waals surface area contributed by atoms with Gasteiger partial charge in [0.15, 0.2) is 8.32 Å². The fraction of sp³-hybridized carbons (Fsp3) is 0.625. The summed E-state index contributed by atoms with van der Waals surface area (Å²) in [4.78, 5) is 0. The van der Waals surface area contributed by atoms with Crippen molar-refractivity contribution in [2.45, 2.75) is 58.9 Å². The largest absolute Gasteiger partial charge is 0.410 e. The summed E-state index contributed by atoms with van der Waals surface area (Å²) in [5, 5.41) is 0.246. The highest BCUT2D eigenvalue weighted by molar-refractivity contribution is 9.10. The minimum atomic E-state index is -1.74. The molecule has 0 bridgehead atoms. The molecule has 0 fully saturated rings. The zero-order chi connectivity index (χ0) is 14.8. The Hall–Kier alpha value is -0.123. The molecule has 1 atom stereocenters. The Labute approximate surface area is 128 Å². The van der Waals surface area contributed by atoms with Gasteiger partial charge < -0.3 is 4.43 Å². The lowest BCUT2D eigenvalue weighted by molar-refractivity contribution is 0.135. The van der Waals surface area contributed by atoms with Gasteiger partial charge in [0.1, 0.15) is 0 Å². The number of rotatable bonds is 4. The predicted molar refractivity (Wildman–Crippen MR) is 90.0 cm³/mol. The van der Waals surface area contributed by atoms with E-state index in [9.17, 15) is 0 Å². The fourth-order valence-corrected chi connectivity index (χ4v) is 3.40. The SMILES string of the molecule is CC(C)C(O[Si](C)(C)C(C)(C)C)c1ccc(Br)cc1. The highest BCUT2D eigenvalue weighted by Crippen LogP contribution is 2.41. The molecule has 1 nitrogen and oxygen atoms in total. The summed E-state index contributed by atoms with van der Waals surface area (Å²) < 4.78 is 7.73. The van der Waals surface area contributed by atoms with E-state index in [4.69, 9.17) is 4.43 Å². The van der Waals surface area contributed by atoms with Gasteiger partial charge in [0.25, 0.3) is 0 Å². The maximum absolute atomic E-state index is 6.61. The maximum atomic E-state index is 6.61. The van der Waals surface area contributed by atoms with Crippen LogP contribution in [0, 0.1) is 5.92 Å². The van der Waals surface area contributed by atoms with Crippen LogP contribution in [-0.4, -0.2) is 8.32 Å². The van der Waals surface area contributed by atoms with E-state index < -0.39 is 8.32 Å². The molecular formula is C16H27BrOSi. The molecule has 0 heterocycles. The van der Waals surface area contributed by atoms with E-state index in [1.807, 2.05) is 0 Å². The molecule has 0 amide bonds. The lowest BCUT2D eigenvalue weighted by Gasteiger charge is -2.40. The van der Waals surface area contributed by atoms with Crippen molar-refractivity contribution >= 4 is 24.2 Å². The van der Waals surface area contributed by atoms with Crippen LogP contribution in [0.2, 0.25) is 18.1 Å². The highest BCUT2D eigenvalue weighted by atomic mass is 79.9. The molecule has 108 valence electrons. The van der Waals surface area contributed by atoms with Gasteiger partial charge in [-0.3, -0.25) is 0 Å². The number of halogens is 1. The van der Waals surface area contributed by atoms with Crippen LogP contribution in [0.3, 0.4) is 0 Å². The summed E-state index contributed by atoms with van der Waals surface area (Å²) in [6, 6.07) is 8.53. The molecule has 0 saturated heterocycles. The maximum Gasteiger partial charge on any atom is 0.192 e. The molecule has 0 aromatic heterocycles. The lowest BCUT2D eigenvalue weighted by atomic mass is 9.99. The van der Waals surface area contributed by atoms with Crippen molar-refractivity contribution in [1.29, 1.82) is 0 Å². The van der Waals surface area contributed by atoms with Crippen LogP contribution in [0.25, 0.3) is 0 Å². The molecule has 0 aliphatic carbocycles. The van der Waals surface area contributed by atoms with Gasteiger partial charge in [-0.15, -0.1) is 0 Å². The Balaban J connectivity index is 3.00. The first-order chi connectivity index (χ1) is 8.54. The van der Waals surface area contributed by atoms with Crippen molar-refractivity contribution in [2.75, 3.05) is 0 Å². The molecular weight excluding hydrogens is 316 g/mol. The summed E-state index contributed by atoms with van der Waals surface area (Å²) in [7, 11) is -1.74. The smallest absolute Gasteiger partial charge is 0.192 e. The van der Waals surface area contributed by atoms with E-state index >= 15 is 0 Å². The average molecular weight is 343 g/mol.